The maximum absolute atomic E-state index is 11.6. The monoisotopic (exact) mass is 227 g/mol. The number of fused-ring (bicyclic) bond motifs is 1. The summed E-state index contributed by atoms with van der Waals surface area (Å²) in [5.41, 5.74) is 1.37. The predicted molar refractivity (Wildman–Crippen MR) is 62.2 cm³/mol. The van der Waals surface area contributed by atoms with Gasteiger partial charge in [0.05, 0.1) is 4.88 Å². The largest absolute Gasteiger partial charge is 0.352 e. The van der Waals surface area contributed by atoms with Gasteiger partial charge in [0.25, 0.3) is 5.91 Å². The highest BCUT2D eigenvalue weighted by Crippen LogP contribution is 2.31. The molecule has 1 amide bonds. The molecule has 2 heterocycles. The average molecular weight is 227 g/mol. The molecule has 2 nitrogen and oxygen atoms in total. The van der Waals surface area contributed by atoms with Crippen molar-refractivity contribution in [2.75, 3.05) is 12.3 Å². The summed E-state index contributed by atoms with van der Waals surface area (Å²) in [6.07, 6.45) is 1.13. The van der Waals surface area contributed by atoms with E-state index in [4.69, 9.17) is 0 Å². The predicted octanol–water partition coefficient (Wildman–Crippen LogP) is 2.29. The minimum atomic E-state index is 0.0805. The van der Waals surface area contributed by atoms with Gasteiger partial charge >= 0.3 is 0 Å². The van der Waals surface area contributed by atoms with Crippen molar-refractivity contribution in [2.45, 2.75) is 19.1 Å². The van der Waals surface area contributed by atoms with Gasteiger partial charge in [-0.3, -0.25) is 4.79 Å². The second kappa shape index (κ2) is 4.36. The van der Waals surface area contributed by atoms with Crippen molar-refractivity contribution in [1.29, 1.82) is 0 Å². The average Bonchev–Trinajstić information content (AvgIpc) is 2.61. The number of amides is 1. The fraction of sp³-hybridized carbons (Fsp3) is 0.500. The molecule has 0 fully saturated rings. The minimum absolute atomic E-state index is 0.0805. The van der Waals surface area contributed by atoms with Crippen LogP contribution in [0.5, 0.6) is 0 Å². The van der Waals surface area contributed by atoms with Crippen LogP contribution in [0.3, 0.4) is 0 Å². The summed E-state index contributed by atoms with van der Waals surface area (Å²) < 4.78 is 0. The van der Waals surface area contributed by atoms with Gasteiger partial charge in [0, 0.05) is 17.2 Å². The zero-order chi connectivity index (χ0) is 9.97. The van der Waals surface area contributed by atoms with Crippen molar-refractivity contribution in [3.05, 3.63) is 21.4 Å². The Bertz CT molecular complexity index is 322. The molecule has 0 saturated heterocycles. The lowest BCUT2D eigenvalue weighted by atomic mass is 10.2. The summed E-state index contributed by atoms with van der Waals surface area (Å²) in [5.74, 6) is 2.35. The van der Waals surface area contributed by atoms with E-state index in [9.17, 15) is 4.79 Å². The van der Waals surface area contributed by atoms with E-state index < -0.39 is 0 Å². The smallest absolute Gasteiger partial charge is 0.261 e. The lowest BCUT2D eigenvalue weighted by molar-refractivity contribution is 0.0960. The van der Waals surface area contributed by atoms with Gasteiger partial charge in [0.15, 0.2) is 0 Å². The van der Waals surface area contributed by atoms with Crippen LogP contribution in [0.25, 0.3) is 0 Å². The number of hydrogen-bond donors (Lipinski definition) is 1. The molecule has 1 aliphatic rings. The summed E-state index contributed by atoms with van der Waals surface area (Å²) in [7, 11) is 0. The van der Waals surface area contributed by atoms with E-state index in [1.165, 1.54) is 16.2 Å². The van der Waals surface area contributed by atoms with Gasteiger partial charge in [-0.1, -0.05) is 0 Å². The minimum Gasteiger partial charge on any atom is -0.352 e. The quantitative estimate of drug-likeness (QED) is 0.840. The Balaban J connectivity index is 2.19. The lowest BCUT2D eigenvalue weighted by Crippen LogP contribution is -2.21. The number of thiophene rings is 1. The maximum atomic E-state index is 11.6. The summed E-state index contributed by atoms with van der Waals surface area (Å²) in [6.45, 7) is 2.65. The molecule has 4 heteroatoms. The maximum Gasteiger partial charge on any atom is 0.261 e. The molecule has 0 bridgehead atoms. The highest BCUT2D eigenvalue weighted by Gasteiger charge is 2.16. The molecule has 1 aromatic heterocycles. The van der Waals surface area contributed by atoms with Crippen molar-refractivity contribution in [3.8, 4) is 0 Å². The van der Waals surface area contributed by atoms with Crippen molar-refractivity contribution in [2.24, 2.45) is 0 Å². The third-order valence-electron chi connectivity index (χ3n) is 2.19. The van der Waals surface area contributed by atoms with Crippen LogP contribution in [0.15, 0.2) is 6.07 Å². The standard InChI is InChI=1S/C10H13NOS2/c1-2-11-10(12)9-5-7-6-13-4-3-8(7)14-9/h5H,2-4,6H2,1H3,(H,11,12). The Labute approximate surface area is 92.1 Å². The Hall–Kier alpha value is -0.480. The molecule has 0 saturated carbocycles. The third-order valence-corrected chi connectivity index (χ3v) is 4.43. The van der Waals surface area contributed by atoms with E-state index in [2.05, 4.69) is 11.4 Å². The highest BCUT2D eigenvalue weighted by molar-refractivity contribution is 7.98. The van der Waals surface area contributed by atoms with Gasteiger partial charge in [0.1, 0.15) is 0 Å². The zero-order valence-electron chi connectivity index (χ0n) is 8.13. The van der Waals surface area contributed by atoms with E-state index in [-0.39, 0.29) is 5.91 Å². The van der Waals surface area contributed by atoms with Gasteiger partial charge in [-0.05, 0) is 30.7 Å². The third kappa shape index (κ3) is 1.96. The molecule has 0 atom stereocenters. The van der Waals surface area contributed by atoms with Gasteiger partial charge in [0.2, 0.25) is 0 Å². The van der Waals surface area contributed by atoms with E-state index in [1.54, 1.807) is 11.3 Å². The molecule has 1 N–H and O–H groups in total. The molecule has 76 valence electrons. The van der Waals surface area contributed by atoms with Crippen molar-refractivity contribution >= 4 is 29.0 Å². The molecule has 2 rings (SSSR count). The van der Waals surface area contributed by atoms with E-state index in [0.717, 1.165) is 17.1 Å². The number of aryl methyl sites for hydroxylation is 1. The molecule has 0 radical (unpaired) electrons. The van der Waals surface area contributed by atoms with E-state index >= 15 is 0 Å². The van der Waals surface area contributed by atoms with E-state index in [0.29, 0.717) is 6.54 Å². The molecule has 0 aliphatic carbocycles. The number of nitrogens with one attached hydrogen (secondary N) is 1. The summed E-state index contributed by atoms with van der Waals surface area (Å²) in [6, 6.07) is 2.05. The fourth-order valence-electron chi connectivity index (χ4n) is 1.51. The highest BCUT2D eigenvalue weighted by atomic mass is 32.2. The normalized spacial score (nSPS) is 14.9. The fourth-order valence-corrected chi connectivity index (χ4v) is 3.80. The number of carbonyl (C=O) groups excluding carboxylic acids is 1. The molecule has 0 aromatic carbocycles. The first-order valence-corrected chi connectivity index (χ1v) is 6.76. The zero-order valence-corrected chi connectivity index (χ0v) is 9.76. The van der Waals surface area contributed by atoms with E-state index in [1.807, 2.05) is 18.7 Å². The topological polar surface area (TPSA) is 29.1 Å². The first-order chi connectivity index (χ1) is 6.81. The van der Waals surface area contributed by atoms with Gasteiger partial charge < -0.3 is 5.32 Å². The van der Waals surface area contributed by atoms with Gasteiger partial charge in [-0.2, -0.15) is 11.8 Å². The summed E-state index contributed by atoms with van der Waals surface area (Å²) >= 11 is 3.61. The SMILES string of the molecule is CCNC(=O)c1cc2c(s1)CCSC2. The van der Waals surface area contributed by atoms with Crippen molar-refractivity contribution in [1.82, 2.24) is 5.32 Å². The molecule has 1 aliphatic heterocycles. The second-order valence-corrected chi connectivity index (χ2v) is 5.46. The van der Waals surface area contributed by atoms with Gasteiger partial charge in [-0.15, -0.1) is 11.3 Å². The van der Waals surface area contributed by atoms with Gasteiger partial charge in [-0.25, -0.2) is 0 Å². The van der Waals surface area contributed by atoms with Crippen LogP contribution in [0.1, 0.15) is 27.0 Å². The Kier molecular flexibility index (Phi) is 3.13. The Morgan fingerprint density at radius 3 is 3.21 bits per heavy atom. The number of carbonyl (C=O) groups is 1. The van der Waals surface area contributed by atoms with Crippen LogP contribution < -0.4 is 5.32 Å². The number of hydrogen-bond acceptors (Lipinski definition) is 3. The van der Waals surface area contributed by atoms with Crippen LogP contribution >= 0.6 is 23.1 Å². The molecule has 0 spiro atoms. The van der Waals surface area contributed by atoms with Crippen LogP contribution in [-0.2, 0) is 12.2 Å². The molecule has 0 unspecified atom stereocenters. The van der Waals surface area contributed by atoms with Crippen LogP contribution in [0, 0.1) is 0 Å². The van der Waals surface area contributed by atoms with Crippen LogP contribution in [0.2, 0.25) is 0 Å². The van der Waals surface area contributed by atoms with Crippen molar-refractivity contribution < 1.29 is 4.79 Å². The Morgan fingerprint density at radius 2 is 2.50 bits per heavy atom. The van der Waals surface area contributed by atoms with Crippen LogP contribution in [-0.4, -0.2) is 18.2 Å². The van der Waals surface area contributed by atoms with Crippen LogP contribution in [0.4, 0.5) is 0 Å². The van der Waals surface area contributed by atoms with Crippen molar-refractivity contribution in [3.63, 3.8) is 0 Å². The first-order valence-electron chi connectivity index (χ1n) is 4.78. The molecular weight excluding hydrogens is 214 g/mol. The summed E-state index contributed by atoms with van der Waals surface area (Å²) in [4.78, 5) is 13.8. The number of thioether (sulfide) groups is 1. The molecule has 14 heavy (non-hydrogen) atoms. The summed E-state index contributed by atoms with van der Waals surface area (Å²) in [5, 5.41) is 2.84. The first kappa shape index (κ1) is 10.1. The molecule has 1 aromatic rings. The Morgan fingerprint density at radius 1 is 1.64 bits per heavy atom. The molecular formula is C10H13NOS2. The second-order valence-electron chi connectivity index (χ2n) is 3.22. The lowest BCUT2D eigenvalue weighted by Gasteiger charge is -2.08. The number of rotatable bonds is 2.